The summed E-state index contributed by atoms with van der Waals surface area (Å²) < 4.78 is 2.01. The van der Waals surface area contributed by atoms with E-state index in [-0.39, 0.29) is 5.91 Å². The van der Waals surface area contributed by atoms with Crippen molar-refractivity contribution in [3.63, 3.8) is 0 Å². The number of benzene rings is 1. The Labute approximate surface area is 170 Å². The number of nitrogens with one attached hydrogen (secondary N) is 2. The second kappa shape index (κ2) is 9.68. The van der Waals surface area contributed by atoms with E-state index in [9.17, 15) is 4.79 Å². The summed E-state index contributed by atoms with van der Waals surface area (Å²) in [5.74, 6) is 1.70. The summed E-state index contributed by atoms with van der Waals surface area (Å²) in [5, 5.41) is 15.0. The molecule has 152 valence electrons. The molecule has 0 radical (unpaired) electrons. The van der Waals surface area contributed by atoms with Crippen molar-refractivity contribution in [2.45, 2.75) is 19.4 Å². The van der Waals surface area contributed by atoms with Gasteiger partial charge >= 0.3 is 0 Å². The van der Waals surface area contributed by atoms with Gasteiger partial charge in [0.1, 0.15) is 5.82 Å². The molecule has 0 saturated carbocycles. The molecule has 0 saturated heterocycles. The molecule has 0 aliphatic rings. The van der Waals surface area contributed by atoms with Crippen LogP contribution in [0.25, 0.3) is 5.65 Å². The first-order valence-corrected chi connectivity index (χ1v) is 9.62. The molecule has 0 fully saturated rings. The molecule has 0 unspecified atom stereocenters. The number of aliphatic imine (C=N–C) groups is 1. The zero-order chi connectivity index (χ0) is 20.6. The van der Waals surface area contributed by atoms with Gasteiger partial charge in [-0.05, 0) is 36.2 Å². The van der Waals surface area contributed by atoms with Crippen molar-refractivity contribution in [1.82, 2.24) is 30.1 Å². The third-order valence-corrected chi connectivity index (χ3v) is 4.54. The van der Waals surface area contributed by atoms with Gasteiger partial charge in [0, 0.05) is 52.4 Å². The Kier molecular flexibility index (Phi) is 6.78. The molecule has 0 bridgehead atoms. The molecule has 0 atom stereocenters. The number of rotatable bonds is 7. The van der Waals surface area contributed by atoms with Gasteiger partial charge in [-0.2, -0.15) is 0 Å². The lowest BCUT2D eigenvalue weighted by Gasteiger charge is -2.13. The van der Waals surface area contributed by atoms with Gasteiger partial charge in [-0.3, -0.25) is 14.2 Å². The number of hydrogen-bond donors (Lipinski definition) is 2. The summed E-state index contributed by atoms with van der Waals surface area (Å²) >= 11 is 0. The first-order valence-electron chi connectivity index (χ1n) is 9.62. The number of carbonyl (C=O) groups excluding carboxylic acids is 1. The van der Waals surface area contributed by atoms with Gasteiger partial charge in [0.05, 0.1) is 0 Å². The number of guanidine groups is 1. The largest absolute Gasteiger partial charge is 0.356 e. The predicted molar refractivity (Wildman–Crippen MR) is 114 cm³/mol. The fourth-order valence-corrected chi connectivity index (χ4v) is 2.94. The Morgan fingerprint density at radius 2 is 1.90 bits per heavy atom. The molecule has 29 heavy (non-hydrogen) atoms. The molecule has 0 aliphatic heterocycles. The van der Waals surface area contributed by atoms with E-state index in [0.29, 0.717) is 12.1 Å². The maximum atomic E-state index is 11.9. The van der Waals surface area contributed by atoms with Crippen LogP contribution in [0.15, 0.2) is 53.7 Å². The van der Waals surface area contributed by atoms with Crippen LogP contribution < -0.4 is 10.6 Å². The van der Waals surface area contributed by atoms with E-state index in [4.69, 9.17) is 0 Å². The van der Waals surface area contributed by atoms with E-state index in [1.54, 1.807) is 26.0 Å². The van der Waals surface area contributed by atoms with Crippen LogP contribution >= 0.6 is 0 Å². The number of fused-ring (bicyclic) bond motifs is 1. The standard InChI is InChI=1S/C21H27N7O/c1-22-21(24-15-16-9-11-17(12-10-16)20(29)27(2)3)23-13-6-8-19-26-25-18-7-4-5-14-28(18)19/h4-5,7,9-12,14H,6,8,13,15H2,1-3H3,(H2,22,23,24). The highest BCUT2D eigenvalue weighted by Crippen LogP contribution is 2.07. The van der Waals surface area contributed by atoms with Crippen LogP contribution in [0.5, 0.6) is 0 Å². The molecule has 0 aliphatic carbocycles. The van der Waals surface area contributed by atoms with E-state index in [0.717, 1.165) is 42.4 Å². The normalized spacial score (nSPS) is 11.5. The topological polar surface area (TPSA) is 86.9 Å². The van der Waals surface area contributed by atoms with Crippen molar-refractivity contribution >= 4 is 17.5 Å². The van der Waals surface area contributed by atoms with Crippen molar-refractivity contribution in [3.05, 3.63) is 65.6 Å². The van der Waals surface area contributed by atoms with Crippen molar-refractivity contribution in [2.75, 3.05) is 27.7 Å². The smallest absolute Gasteiger partial charge is 0.253 e. The number of carbonyl (C=O) groups is 1. The van der Waals surface area contributed by atoms with Gasteiger partial charge in [0.15, 0.2) is 11.6 Å². The van der Waals surface area contributed by atoms with Gasteiger partial charge in [-0.1, -0.05) is 18.2 Å². The van der Waals surface area contributed by atoms with Crippen molar-refractivity contribution in [1.29, 1.82) is 0 Å². The summed E-state index contributed by atoms with van der Waals surface area (Å²) in [5.41, 5.74) is 2.63. The van der Waals surface area contributed by atoms with Crippen molar-refractivity contribution < 1.29 is 4.79 Å². The zero-order valence-electron chi connectivity index (χ0n) is 17.1. The lowest BCUT2D eigenvalue weighted by molar-refractivity contribution is 0.0827. The van der Waals surface area contributed by atoms with Crippen LogP contribution in [0.2, 0.25) is 0 Å². The number of aryl methyl sites for hydroxylation is 1. The fraction of sp³-hybridized carbons (Fsp3) is 0.333. The molecular weight excluding hydrogens is 366 g/mol. The highest BCUT2D eigenvalue weighted by atomic mass is 16.2. The monoisotopic (exact) mass is 393 g/mol. The molecule has 1 aromatic carbocycles. The molecule has 3 rings (SSSR count). The van der Waals surface area contributed by atoms with Gasteiger partial charge < -0.3 is 15.5 Å². The quantitative estimate of drug-likeness (QED) is 0.363. The van der Waals surface area contributed by atoms with Gasteiger partial charge in [0.25, 0.3) is 5.91 Å². The van der Waals surface area contributed by atoms with Gasteiger partial charge in [-0.25, -0.2) is 0 Å². The number of hydrogen-bond acceptors (Lipinski definition) is 4. The summed E-state index contributed by atoms with van der Waals surface area (Å²) in [6.45, 7) is 1.41. The fourth-order valence-electron chi connectivity index (χ4n) is 2.94. The Morgan fingerprint density at radius 3 is 2.62 bits per heavy atom. The first-order chi connectivity index (χ1) is 14.1. The average Bonchev–Trinajstić information content (AvgIpc) is 3.16. The van der Waals surface area contributed by atoms with Crippen LogP contribution in [0.4, 0.5) is 0 Å². The van der Waals surface area contributed by atoms with E-state index in [2.05, 4.69) is 25.8 Å². The van der Waals surface area contributed by atoms with Crippen LogP contribution in [0.3, 0.4) is 0 Å². The van der Waals surface area contributed by atoms with Crippen LogP contribution in [-0.4, -0.2) is 59.1 Å². The average molecular weight is 393 g/mol. The highest BCUT2D eigenvalue weighted by Gasteiger charge is 2.07. The zero-order valence-corrected chi connectivity index (χ0v) is 17.1. The number of pyridine rings is 1. The second-order valence-electron chi connectivity index (χ2n) is 6.90. The SMILES string of the molecule is CN=C(NCCCc1nnc2ccccn12)NCc1ccc(C(=O)N(C)C)cc1. The Morgan fingerprint density at radius 1 is 1.10 bits per heavy atom. The lowest BCUT2D eigenvalue weighted by Crippen LogP contribution is -2.37. The van der Waals surface area contributed by atoms with Crippen LogP contribution in [0.1, 0.15) is 28.2 Å². The summed E-state index contributed by atoms with van der Waals surface area (Å²) in [7, 11) is 5.25. The maximum absolute atomic E-state index is 11.9. The van der Waals surface area contributed by atoms with Crippen LogP contribution in [0, 0.1) is 0 Å². The minimum absolute atomic E-state index is 0.00226. The molecule has 2 aromatic heterocycles. The molecule has 3 aromatic rings. The minimum Gasteiger partial charge on any atom is -0.356 e. The van der Waals surface area contributed by atoms with Gasteiger partial charge in [-0.15, -0.1) is 10.2 Å². The third-order valence-electron chi connectivity index (χ3n) is 4.54. The Hall–Kier alpha value is -3.42. The Balaban J connectivity index is 1.43. The summed E-state index contributed by atoms with van der Waals surface area (Å²) in [4.78, 5) is 17.8. The van der Waals surface area contributed by atoms with Crippen molar-refractivity contribution in [3.8, 4) is 0 Å². The van der Waals surface area contributed by atoms with Gasteiger partial charge in [0.2, 0.25) is 0 Å². The molecule has 1 amide bonds. The van der Waals surface area contributed by atoms with Crippen molar-refractivity contribution in [2.24, 2.45) is 4.99 Å². The second-order valence-corrected chi connectivity index (χ2v) is 6.90. The third kappa shape index (κ3) is 5.31. The Bertz CT molecular complexity index is 976. The summed E-state index contributed by atoms with van der Waals surface area (Å²) in [6, 6.07) is 13.5. The highest BCUT2D eigenvalue weighted by molar-refractivity contribution is 5.93. The molecule has 8 nitrogen and oxygen atoms in total. The molecule has 2 heterocycles. The maximum Gasteiger partial charge on any atom is 0.253 e. The number of nitrogens with zero attached hydrogens (tertiary/aromatic N) is 5. The molecule has 8 heteroatoms. The first kappa shape index (κ1) is 20.3. The summed E-state index contributed by atoms with van der Waals surface area (Å²) in [6.07, 6.45) is 3.73. The van der Waals surface area contributed by atoms with E-state index in [1.807, 2.05) is 53.1 Å². The number of aromatic nitrogens is 3. The molecule has 2 N–H and O–H groups in total. The predicted octanol–water partition coefficient (Wildman–Crippen LogP) is 1.73. The van der Waals surface area contributed by atoms with E-state index in [1.165, 1.54) is 0 Å². The minimum atomic E-state index is 0.00226. The van der Waals surface area contributed by atoms with Crippen LogP contribution in [-0.2, 0) is 13.0 Å². The lowest BCUT2D eigenvalue weighted by atomic mass is 10.1. The number of amides is 1. The van der Waals surface area contributed by atoms with E-state index < -0.39 is 0 Å². The molecular formula is C21H27N7O. The molecule has 0 spiro atoms. The van der Waals surface area contributed by atoms with E-state index >= 15 is 0 Å².